The van der Waals surface area contributed by atoms with E-state index in [1.807, 2.05) is 36.4 Å². The molecule has 1 aliphatic rings. The van der Waals surface area contributed by atoms with Crippen LogP contribution >= 0.6 is 11.6 Å². The summed E-state index contributed by atoms with van der Waals surface area (Å²) in [5.74, 6) is 0.819. The molecular weight excluding hydrogens is 402 g/mol. The van der Waals surface area contributed by atoms with Crippen molar-refractivity contribution in [2.75, 3.05) is 7.11 Å². The van der Waals surface area contributed by atoms with E-state index in [4.69, 9.17) is 25.8 Å². The lowest BCUT2D eigenvalue weighted by Crippen LogP contribution is -2.05. The van der Waals surface area contributed by atoms with Gasteiger partial charge in [-0.05, 0) is 41.5 Å². The minimum atomic E-state index is -0.534. The zero-order valence-electron chi connectivity index (χ0n) is 16.2. The fraction of sp³-hybridized carbons (Fsp3) is 0.0833. The van der Waals surface area contributed by atoms with Crippen LogP contribution in [-0.4, -0.2) is 19.0 Å². The summed E-state index contributed by atoms with van der Waals surface area (Å²) in [6.45, 7) is 0.426. The molecule has 1 heterocycles. The summed E-state index contributed by atoms with van der Waals surface area (Å²) in [7, 11) is 1.57. The molecule has 0 aliphatic carbocycles. The lowest BCUT2D eigenvalue weighted by Gasteiger charge is -2.11. The topological polar surface area (TPSA) is 57.1 Å². The van der Waals surface area contributed by atoms with Crippen LogP contribution in [0.15, 0.2) is 83.5 Å². The van der Waals surface area contributed by atoms with E-state index >= 15 is 0 Å². The first-order chi connectivity index (χ1) is 14.6. The minimum absolute atomic E-state index is 0.185. The number of carbonyl (C=O) groups is 1. The molecule has 0 amide bonds. The molecule has 0 saturated carbocycles. The maximum Gasteiger partial charge on any atom is 0.363 e. The quantitative estimate of drug-likeness (QED) is 0.403. The van der Waals surface area contributed by atoms with Gasteiger partial charge in [0.05, 0.1) is 17.7 Å². The Labute approximate surface area is 179 Å². The van der Waals surface area contributed by atoms with Crippen molar-refractivity contribution in [2.24, 2.45) is 4.99 Å². The van der Waals surface area contributed by atoms with Crippen molar-refractivity contribution >= 4 is 29.5 Å². The van der Waals surface area contributed by atoms with E-state index in [0.29, 0.717) is 28.7 Å². The second-order valence-electron chi connectivity index (χ2n) is 6.50. The van der Waals surface area contributed by atoms with Crippen molar-refractivity contribution in [1.82, 2.24) is 0 Å². The number of methoxy groups -OCH3 is 1. The van der Waals surface area contributed by atoms with Gasteiger partial charge in [-0.1, -0.05) is 60.1 Å². The van der Waals surface area contributed by atoms with E-state index in [0.717, 1.165) is 11.1 Å². The highest BCUT2D eigenvalue weighted by atomic mass is 35.5. The third kappa shape index (κ3) is 4.36. The number of aliphatic imine (C=N–C) groups is 1. The zero-order chi connectivity index (χ0) is 20.9. The van der Waals surface area contributed by atoms with Crippen LogP contribution in [0.3, 0.4) is 0 Å². The molecule has 0 fully saturated rings. The van der Waals surface area contributed by atoms with E-state index in [9.17, 15) is 4.79 Å². The summed E-state index contributed by atoms with van der Waals surface area (Å²) in [6.07, 6.45) is 1.63. The molecule has 0 aromatic heterocycles. The molecule has 0 radical (unpaired) electrons. The van der Waals surface area contributed by atoms with Gasteiger partial charge in [-0.2, -0.15) is 0 Å². The highest BCUT2D eigenvalue weighted by Gasteiger charge is 2.25. The van der Waals surface area contributed by atoms with E-state index in [1.165, 1.54) is 0 Å². The Balaban J connectivity index is 1.56. The number of nitrogens with zero attached hydrogens (tertiary/aromatic N) is 1. The second-order valence-corrected chi connectivity index (χ2v) is 6.91. The molecule has 1 aliphatic heterocycles. The maximum absolute atomic E-state index is 12.3. The van der Waals surface area contributed by atoms with Crippen molar-refractivity contribution in [3.8, 4) is 11.5 Å². The van der Waals surface area contributed by atoms with Crippen LogP contribution in [0.2, 0.25) is 5.02 Å². The largest absolute Gasteiger partial charge is 0.493 e. The lowest BCUT2D eigenvalue weighted by molar-refractivity contribution is -0.129. The molecule has 0 atom stereocenters. The van der Waals surface area contributed by atoms with E-state index in [1.54, 1.807) is 49.6 Å². The smallest absolute Gasteiger partial charge is 0.363 e. The lowest BCUT2D eigenvalue weighted by atomic mass is 10.1. The average molecular weight is 420 g/mol. The van der Waals surface area contributed by atoms with Gasteiger partial charge in [-0.25, -0.2) is 9.79 Å². The summed E-state index contributed by atoms with van der Waals surface area (Å²) >= 11 is 6.17. The van der Waals surface area contributed by atoms with Crippen molar-refractivity contribution in [3.63, 3.8) is 0 Å². The number of carbonyl (C=O) groups excluding carboxylic acids is 1. The van der Waals surface area contributed by atoms with Crippen molar-refractivity contribution < 1.29 is 19.0 Å². The summed E-state index contributed by atoms with van der Waals surface area (Å²) in [4.78, 5) is 16.5. The zero-order valence-corrected chi connectivity index (χ0v) is 16.9. The number of rotatable bonds is 6. The van der Waals surface area contributed by atoms with Crippen LogP contribution < -0.4 is 9.47 Å². The highest BCUT2D eigenvalue weighted by Crippen LogP contribution is 2.31. The number of hydrogen-bond acceptors (Lipinski definition) is 5. The number of halogens is 1. The molecule has 0 bridgehead atoms. The first kappa shape index (κ1) is 19.7. The molecule has 0 saturated heterocycles. The molecule has 6 heteroatoms. The number of benzene rings is 3. The van der Waals surface area contributed by atoms with Crippen molar-refractivity contribution in [1.29, 1.82) is 0 Å². The predicted octanol–water partition coefficient (Wildman–Crippen LogP) is 5.27. The Morgan fingerprint density at radius 1 is 1.00 bits per heavy atom. The number of hydrogen-bond donors (Lipinski definition) is 0. The van der Waals surface area contributed by atoms with Crippen LogP contribution in [0, 0.1) is 0 Å². The number of cyclic esters (lactones) is 1. The summed E-state index contributed by atoms with van der Waals surface area (Å²) in [6, 6.07) is 22.3. The number of ether oxygens (including phenoxy) is 3. The Morgan fingerprint density at radius 3 is 2.53 bits per heavy atom. The summed E-state index contributed by atoms with van der Waals surface area (Å²) < 4.78 is 16.6. The molecule has 150 valence electrons. The summed E-state index contributed by atoms with van der Waals surface area (Å²) in [5, 5.41) is 0.465. The molecule has 0 unspecified atom stereocenters. The average Bonchev–Trinajstić information content (AvgIpc) is 3.13. The summed E-state index contributed by atoms with van der Waals surface area (Å²) in [5.41, 5.74) is 2.54. The van der Waals surface area contributed by atoms with Gasteiger partial charge in [0.25, 0.3) is 0 Å². The first-order valence-corrected chi connectivity index (χ1v) is 9.64. The van der Waals surface area contributed by atoms with Crippen LogP contribution in [0.1, 0.15) is 16.7 Å². The maximum atomic E-state index is 12.3. The second kappa shape index (κ2) is 8.84. The number of esters is 1. The minimum Gasteiger partial charge on any atom is -0.493 e. The van der Waals surface area contributed by atoms with Gasteiger partial charge in [0, 0.05) is 0 Å². The van der Waals surface area contributed by atoms with Crippen molar-refractivity contribution in [3.05, 3.63) is 100 Å². The van der Waals surface area contributed by atoms with Gasteiger partial charge >= 0.3 is 5.97 Å². The molecule has 30 heavy (non-hydrogen) atoms. The van der Waals surface area contributed by atoms with Gasteiger partial charge < -0.3 is 14.2 Å². The van der Waals surface area contributed by atoms with Crippen LogP contribution in [-0.2, 0) is 16.1 Å². The third-order valence-corrected chi connectivity index (χ3v) is 4.78. The Bertz CT molecular complexity index is 1140. The van der Waals surface area contributed by atoms with Gasteiger partial charge in [0.1, 0.15) is 6.61 Å². The van der Waals surface area contributed by atoms with Crippen LogP contribution in [0.25, 0.3) is 6.08 Å². The molecular formula is C24H18ClNO4. The SMILES string of the molecule is COc1cc(/C=C2\N=C(c3ccccc3Cl)OC2=O)ccc1OCc1ccccc1. The van der Waals surface area contributed by atoms with E-state index in [-0.39, 0.29) is 11.6 Å². The van der Waals surface area contributed by atoms with E-state index < -0.39 is 5.97 Å². The first-order valence-electron chi connectivity index (χ1n) is 9.26. The molecule has 0 spiro atoms. The van der Waals surface area contributed by atoms with Gasteiger partial charge in [0.2, 0.25) is 5.90 Å². The fourth-order valence-electron chi connectivity index (χ4n) is 2.95. The van der Waals surface area contributed by atoms with Gasteiger partial charge in [-0.3, -0.25) is 0 Å². The Morgan fingerprint density at radius 2 is 1.77 bits per heavy atom. The molecule has 3 aromatic rings. The molecule has 0 N–H and O–H groups in total. The molecule has 5 nitrogen and oxygen atoms in total. The van der Waals surface area contributed by atoms with Crippen molar-refractivity contribution in [2.45, 2.75) is 6.61 Å². The Kier molecular flexibility index (Phi) is 5.82. The predicted molar refractivity (Wildman–Crippen MR) is 116 cm³/mol. The highest BCUT2D eigenvalue weighted by molar-refractivity contribution is 6.34. The van der Waals surface area contributed by atoms with Crippen LogP contribution in [0.4, 0.5) is 0 Å². The van der Waals surface area contributed by atoms with E-state index in [2.05, 4.69) is 4.99 Å². The monoisotopic (exact) mass is 419 g/mol. The molecule has 3 aromatic carbocycles. The van der Waals surface area contributed by atoms with Crippen LogP contribution in [0.5, 0.6) is 11.5 Å². The van der Waals surface area contributed by atoms with Gasteiger partial charge in [-0.15, -0.1) is 0 Å². The normalized spacial score (nSPS) is 14.4. The molecule has 4 rings (SSSR count). The van der Waals surface area contributed by atoms with Gasteiger partial charge in [0.15, 0.2) is 17.2 Å². The third-order valence-electron chi connectivity index (χ3n) is 4.45. The standard InChI is InChI=1S/C24H18ClNO4/c1-28-22-14-17(11-12-21(22)29-15-16-7-3-2-4-8-16)13-20-24(27)30-23(26-20)18-9-5-6-10-19(18)25/h2-14H,15H2,1H3/b20-13-. The Hall–Kier alpha value is -3.57. The fourth-order valence-corrected chi connectivity index (χ4v) is 3.16.